The first-order valence-corrected chi connectivity index (χ1v) is 8.85. The molecule has 0 amide bonds. The van der Waals surface area contributed by atoms with Crippen molar-refractivity contribution in [2.45, 2.75) is 32.2 Å². The van der Waals surface area contributed by atoms with Crippen LogP contribution in [0.1, 0.15) is 29.5 Å². The number of aliphatic imine (C=N–C) groups is 1. The number of hydrogen-bond donors (Lipinski definition) is 2. The molecule has 0 atom stereocenters. The number of benzene rings is 2. The van der Waals surface area contributed by atoms with E-state index in [1.165, 1.54) is 36.0 Å². The van der Waals surface area contributed by atoms with E-state index in [1.54, 1.807) is 0 Å². The summed E-state index contributed by atoms with van der Waals surface area (Å²) in [6.07, 6.45) is 4.53. The van der Waals surface area contributed by atoms with Crippen molar-refractivity contribution in [1.29, 1.82) is 0 Å². The van der Waals surface area contributed by atoms with Crippen molar-refractivity contribution in [2.75, 3.05) is 18.5 Å². The second-order valence-electron chi connectivity index (χ2n) is 6.50. The number of halogens is 1. The smallest absolute Gasteiger partial charge is 0.193 e. The molecule has 1 aliphatic heterocycles. The third kappa shape index (κ3) is 4.41. The molecular formula is C20H24IN3O2. The molecule has 26 heavy (non-hydrogen) atoms. The predicted octanol–water partition coefficient (Wildman–Crippen LogP) is 3.88. The molecule has 4 rings (SSSR count). The minimum atomic E-state index is 0. The SMILES string of the molecule is I.NC(=NCc1ccc2c(c1)CCC2)Nc1ccc2c(c1)OCCCO2. The molecule has 0 saturated heterocycles. The lowest BCUT2D eigenvalue weighted by Gasteiger charge is -2.11. The number of anilines is 1. The van der Waals surface area contributed by atoms with Crippen molar-refractivity contribution in [1.82, 2.24) is 0 Å². The topological polar surface area (TPSA) is 68.9 Å². The van der Waals surface area contributed by atoms with E-state index in [1.807, 2.05) is 18.2 Å². The lowest BCUT2D eigenvalue weighted by atomic mass is 10.1. The summed E-state index contributed by atoms with van der Waals surface area (Å²) in [4.78, 5) is 4.46. The van der Waals surface area contributed by atoms with Crippen LogP contribution >= 0.6 is 24.0 Å². The molecule has 2 aromatic rings. The van der Waals surface area contributed by atoms with Crippen LogP contribution in [0.25, 0.3) is 0 Å². The van der Waals surface area contributed by atoms with Gasteiger partial charge in [-0.05, 0) is 48.1 Å². The van der Waals surface area contributed by atoms with Gasteiger partial charge in [-0.1, -0.05) is 18.2 Å². The third-order valence-corrected chi connectivity index (χ3v) is 4.61. The van der Waals surface area contributed by atoms with Crippen molar-refractivity contribution in [3.63, 3.8) is 0 Å². The van der Waals surface area contributed by atoms with Crippen LogP contribution in [0.5, 0.6) is 11.5 Å². The largest absolute Gasteiger partial charge is 0.490 e. The summed E-state index contributed by atoms with van der Waals surface area (Å²) in [5.74, 6) is 1.92. The zero-order valence-electron chi connectivity index (χ0n) is 14.7. The van der Waals surface area contributed by atoms with E-state index in [-0.39, 0.29) is 24.0 Å². The Morgan fingerprint density at radius 1 is 0.962 bits per heavy atom. The Bertz CT molecular complexity index is 808. The maximum absolute atomic E-state index is 6.04. The van der Waals surface area contributed by atoms with Gasteiger partial charge in [0.05, 0.1) is 19.8 Å². The van der Waals surface area contributed by atoms with Gasteiger partial charge in [-0.3, -0.25) is 0 Å². The molecule has 2 aromatic carbocycles. The molecule has 0 bridgehead atoms. The summed E-state index contributed by atoms with van der Waals surface area (Å²) in [7, 11) is 0. The Morgan fingerprint density at radius 3 is 2.65 bits per heavy atom. The van der Waals surface area contributed by atoms with Crippen molar-refractivity contribution < 1.29 is 9.47 Å². The summed E-state index contributed by atoms with van der Waals surface area (Å²) in [6.45, 7) is 1.93. The highest BCUT2D eigenvalue weighted by Crippen LogP contribution is 2.32. The minimum Gasteiger partial charge on any atom is -0.490 e. The van der Waals surface area contributed by atoms with E-state index >= 15 is 0 Å². The second kappa shape index (κ2) is 8.62. The monoisotopic (exact) mass is 465 g/mol. The molecule has 138 valence electrons. The quantitative estimate of drug-likeness (QED) is 0.410. The van der Waals surface area contributed by atoms with Gasteiger partial charge in [0.2, 0.25) is 0 Å². The van der Waals surface area contributed by atoms with Gasteiger partial charge in [-0.15, -0.1) is 24.0 Å². The second-order valence-corrected chi connectivity index (χ2v) is 6.50. The number of rotatable bonds is 3. The van der Waals surface area contributed by atoms with Crippen LogP contribution < -0.4 is 20.5 Å². The number of guanidine groups is 1. The van der Waals surface area contributed by atoms with Crippen LogP contribution in [0, 0.1) is 0 Å². The average molecular weight is 465 g/mol. The zero-order chi connectivity index (χ0) is 17.1. The summed E-state index contributed by atoms with van der Waals surface area (Å²) < 4.78 is 11.3. The molecule has 2 aliphatic rings. The van der Waals surface area contributed by atoms with Gasteiger partial charge in [0.1, 0.15) is 0 Å². The van der Waals surface area contributed by atoms with E-state index in [0.29, 0.717) is 25.7 Å². The molecule has 0 aromatic heterocycles. The van der Waals surface area contributed by atoms with Gasteiger partial charge in [-0.2, -0.15) is 0 Å². The molecule has 1 aliphatic carbocycles. The highest BCUT2D eigenvalue weighted by atomic mass is 127. The fourth-order valence-electron chi connectivity index (χ4n) is 3.33. The molecule has 5 nitrogen and oxygen atoms in total. The van der Waals surface area contributed by atoms with E-state index in [0.717, 1.165) is 23.6 Å². The van der Waals surface area contributed by atoms with Crippen molar-refractivity contribution in [2.24, 2.45) is 10.7 Å². The summed E-state index contributed by atoms with van der Waals surface area (Å²) in [5.41, 5.74) is 11.0. The molecule has 3 N–H and O–H groups in total. The highest BCUT2D eigenvalue weighted by molar-refractivity contribution is 14.0. The highest BCUT2D eigenvalue weighted by Gasteiger charge is 2.12. The number of ether oxygens (including phenoxy) is 2. The van der Waals surface area contributed by atoms with Crippen LogP contribution in [-0.4, -0.2) is 19.2 Å². The Morgan fingerprint density at radius 2 is 1.77 bits per heavy atom. The standard InChI is InChI=1S/C20H23N3O2.HI/c21-20(22-13-14-5-6-15-3-1-4-16(15)11-14)23-17-7-8-18-19(12-17)25-10-2-9-24-18;/h5-8,11-12H,1-4,9-10,13H2,(H3,21,22,23);1H. The van der Waals surface area contributed by atoms with E-state index in [2.05, 4.69) is 28.5 Å². The third-order valence-electron chi connectivity index (χ3n) is 4.61. The molecule has 1 heterocycles. The van der Waals surface area contributed by atoms with Crippen LogP contribution in [0.15, 0.2) is 41.4 Å². The number of nitrogens with one attached hydrogen (secondary N) is 1. The van der Waals surface area contributed by atoms with Gasteiger partial charge >= 0.3 is 0 Å². The minimum absolute atomic E-state index is 0. The number of aryl methyl sites for hydroxylation is 2. The van der Waals surface area contributed by atoms with Crippen molar-refractivity contribution in [3.8, 4) is 11.5 Å². The lowest BCUT2D eigenvalue weighted by Crippen LogP contribution is -2.22. The molecule has 0 unspecified atom stereocenters. The van der Waals surface area contributed by atoms with Crippen molar-refractivity contribution >= 4 is 35.6 Å². The first kappa shape index (κ1) is 18.8. The zero-order valence-corrected chi connectivity index (χ0v) is 17.0. The summed E-state index contributed by atoms with van der Waals surface area (Å²) in [5, 5.41) is 3.13. The van der Waals surface area contributed by atoms with Crippen molar-refractivity contribution in [3.05, 3.63) is 53.1 Å². The normalized spacial score (nSPS) is 15.6. The van der Waals surface area contributed by atoms with Crippen LogP contribution in [0.2, 0.25) is 0 Å². The fourth-order valence-corrected chi connectivity index (χ4v) is 3.33. The molecule has 0 saturated carbocycles. The van der Waals surface area contributed by atoms with E-state index in [9.17, 15) is 0 Å². The lowest BCUT2D eigenvalue weighted by molar-refractivity contribution is 0.297. The van der Waals surface area contributed by atoms with E-state index in [4.69, 9.17) is 15.2 Å². The maximum atomic E-state index is 6.04. The number of nitrogens with two attached hydrogens (primary N) is 1. The molecule has 6 heteroatoms. The van der Waals surface area contributed by atoms with E-state index < -0.39 is 0 Å². The molecule has 0 spiro atoms. The summed E-state index contributed by atoms with van der Waals surface area (Å²) in [6, 6.07) is 12.3. The van der Waals surface area contributed by atoms with Gasteiger partial charge in [0.25, 0.3) is 0 Å². The Balaban J connectivity index is 0.00000196. The van der Waals surface area contributed by atoms with Gasteiger partial charge in [0, 0.05) is 18.2 Å². The molecular weight excluding hydrogens is 441 g/mol. The van der Waals surface area contributed by atoms with Crippen LogP contribution in [0.4, 0.5) is 5.69 Å². The molecule has 0 radical (unpaired) electrons. The first-order chi connectivity index (χ1) is 12.3. The van der Waals surface area contributed by atoms with Crippen LogP contribution in [0.3, 0.4) is 0 Å². The average Bonchev–Trinajstić information content (AvgIpc) is 2.96. The van der Waals surface area contributed by atoms with Gasteiger partial charge in [0.15, 0.2) is 17.5 Å². The van der Waals surface area contributed by atoms with Gasteiger partial charge in [-0.25, -0.2) is 4.99 Å². The number of fused-ring (bicyclic) bond motifs is 2. The number of hydrogen-bond acceptors (Lipinski definition) is 3. The predicted molar refractivity (Wildman–Crippen MR) is 115 cm³/mol. The first-order valence-electron chi connectivity index (χ1n) is 8.85. The Kier molecular flexibility index (Phi) is 6.24. The number of nitrogens with zero attached hydrogens (tertiary/aromatic N) is 1. The van der Waals surface area contributed by atoms with Crippen LogP contribution in [-0.2, 0) is 19.4 Å². The maximum Gasteiger partial charge on any atom is 0.193 e. The summed E-state index contributed by atoms with van der Waals surface area (Å²) >= 11 is 0. The Labute approximate surface area is 171 Å². The van der Waals surface area contributed by atoms with Gasteiger partial charge < -0.3 is 20.5 Å². The fraction of sp³-hybridized carbons (Fsp3) is 0.350. The Hall–Kier alpha value is -1.96. The molecule has 0 fully saturated rings.